The molecule has 0 radical (unpaired) electrons. The fourth-order valence-electron chi connectivity index (χ4n) is 1.99. The van der Waals surface area contributed by atoms with Gasteiger partial charge in [-0.05, 0) is 36.6 Å². The first kappa shape index (κ1) is 13.0. The van der Waals surface area contributed by atoms with Crippen LogP contribution in [0, 0.1) is 13.8 Å². The molecule has 0 aliphatic carbocycles. The highest BCUT2D eigenvalue weighted by atomic mass is 79.9. The molecule has 0 aliphatic rings. The quantitative estimate of drug-likeness (QED) is 0.763. The van der Waals surface area contributed by atoms with E-state index in [-0.39, 0.29) is 5.78 Å². The van der Waals surface area contributed by atoms with Gasteiger partial charge in [0.15, 0.2) is 5.78 Å². The van der Waals surface area contributed by atoms with Crippen molar-refractivity contribution in [1.29, 1.82) is 0 Å². The second kappa shape index (κ2) is 5.49. The van der Waals surface area contributed by atoms with Crippen molar-refractivity contribution in [2.75, 3.05) is 0 Å². The predicted molar refractivity (Wildman–Crippen MR) is 78.1 cm³/mol. The molecule has 0 bridgehead atoms. The second-order valence-corrected chi connectivity index (χ2v) is 5.29. The van der Waals surface area contributed by atoms with Gasteiger partial charge in [-0.2, -0.15) is 0 Å². The zero-order valence-electron chi connectivity index (χ0n) is 10.5. The lowest BCUT2D eigenvalue weighted by Gasteiger charge is -2.08. The van der Waals surface area contributed by atoms with Crippen LogP contribution in [0.25, 0.3) is 0 Å². The van der Waals surface area contributed by atoms with Gasteiger partial charge in [0, 0.05) is 16.5 Å². The molecule has 0 spiro atoms. The molecular weight excluding hydrogens is 288 g/mol. The molecular formula is C16H15BrO. The lowest BCUT2D eigenvalue weighted by atomic mass is 9.97. The fourth-order valence-corrected chi connectivity index (χ4v) is 2.35. The molecule has 0 heterocycles. The van der Waals surface area contributed by atoms with Gasteiger partial charge >= 0.3 is 0 Å². The first-order valence-corrected chi connectivity index (χ1v) is 6.71. The number of rotatable bonds is 3. The topological polar surface area (TPSA) is 17.1 Å². The predicted octanol–water partition coefficient (Wildman–Crippen LogP) is 4.49. The molecule has 18 heavy (non-hydrogen) atoms. The van der Waals surface area contributed by atoms with Gasteiger partial charge in [-0.15, -0.1) is 0 Å². The van der Waals surface area contributed by atoms with Crippen LogP contribution in [0.3, 0.4) is 0 Å². The Morgan fingerprint density at radius 1 is 1.06 bits per heavy atom. The van der Waals surface area contributed by atoms with Gasteiger partial charge < -0.3 is 0 Å². The minimum atomic E-state index is 0.170. The fraction of sp³-hybridized carbons (Fsp3) is 0.188. The summed E-state index contributed by atoms with van der Waals surface area (Å²) < 4.78 is 0.984. The molecule has 2 aromatic carbocycles. The Bertz CT molecular complexity index is 587. The Kier molecular flexibility index (Phi) is 3.97. The largest absolute Gasteiger partial charge is 0.294 e. The monoisotopic (exact) mass is 302 g/mol. The van der Waals surface area contributed by atoms with Crippen LogP contribution < -0.4 is 0 Å². The molecule has 0 fully saturated rings. The molecule has 0 aliphatic heterocycles. The van der Waals surface area contributed by atoms with Crippen LogP contribution in [-0.4, -0.2) is 5.78 Å². The number of benzene rings is 2. The van der Waals surface area contributed by atoms with Crippen molar-refractivity contribution in [2.24, 2.45) is 0 Å². The summed E-state index contributed by atoms with van der Waals surface area (Å²) in [6.07, 6.45) is 0.462. The first-order chi connectivity index (χ1) is 8.59. The van der Waals surface area contributed by atoms with Crippen molar-refractivity contribution in [1.82, 2.24) is 0 Å². The van der Waals surface area contributed by atoms with Gasteiger partial charge in [0.25, 0.3) is 0 Å². The summed E-state index contributed by atoms with van der Waals surface area (Å²) in [7, 11) is 0. The Morgan fingerprint density at radius 2 is 1.78 bits per heavy atom. The molecule has 0 saturated carbocycles. The van der Waals surface area contributed by atoms with E-state index in [1.54, 1.807) is 0 Å². The van der Waals surface area contributed by atoms with Gasteiger partial charge in [0.1, 0.15) is 0 Å². The average Bonchev–Trinajstić information content (AvgIpc) is 2.35. The van der Waals surface area contributed by atoms with Crippen LogP contribution in [-0.2, 0) is 6.42 Å². The number of carbonyl (C=O) groups is 1. The Balaban J connectivity index is 2.28. The number of halogens is 1. The highest BCUT2D eigenvalue weighted by molar-refractivity contribution is 9.10. The number of aryl methyl sites for hydroxylation is 1. The molecule has 0 aromatic heterocycles. The van der Waals surface area contributed by atoms with E-state index >= 15 is 0 Å². The molecule has 0 atom stereocenters. The third-order valence-electron chi connectivity index (χ3n) is 3.18. The lowest BCUT2D eigenvalue weighted by Crippen LogP contribution is -2.07. The summed E-state index contributed by atoms with van der Waals surface area (Å²) in [6.45, 7) is 4.01. The van der Waals surface area contributed by atoms with Crippen LogP contribution in [0.5, 0.6) is 0 Å². The van der Waals surface area contributed by atoms with Crippen molar-refractivity contribution in [3.8, 4) is 0 Å². The van der Waals surface area contributed by atoms with Crippen molar-refractivity contribution in [2.45, 2.75) is 20.3 Å². The van der Waals surface area contributed by atoms with Gasteiger partial charge in [0.05, 0.1) is 0 Å². The van der Waals surface area contributed by atoms with Crippen molar-refractivity contribution in [3.05, 3.63) is 69.2 Å². The summed E-state index contributed by atoms with van der Waals surface area (Å²) in [5, 5.41) is 0. The molecule has 2 heteroatoms. The van der Waals surface area contributed by atoms with Gasteiger partial charge in [-0.25, -0.2) is 0 Å². The number of Topliss-reactive ketones (excluding diaryl/α,β-unsaturated/α-hetero) is 1. The average molecular weight is 303 g/mol. The summed E-state index contributed by atoms with van der Waals surface area (Å²) in [4.78, 5) is 12.3. The number of hydrogen-bond donors (Lipinski definition) is 0. The molecule has 0 amide bonds. The SMILES string of the molecule is Cc1ccccc1CC(=O)c1cccc(Br)c1C. The minimum absolute atomic E-state index is 0.170. The molecule has 1 nitrogen and oxygen atoms in total. The van der Waals surface area contributed by atoms with E-state index in [4.69, 9.17) is 0 Å². The maximum atomic E-state index is 12.3. The Labute approximate surface area is 116 Å². The third kappa shape index (κ3) is 2.70. The van der Waals surface area contributed by atoms with E-state index in [1.807, 2.05) is 56.3 Å². The smallest absolute Gasteiger partial charge is 0.167 e. The summed E-state index contributed by atoms with van der Waals surface area (Å²) in [5.74, 6) is 0.170. The zero-order valence-corrected chi connectivity index (χ0v) is 12.1. The highest BCUT2D eigenvalue weighted by Crippen LogP contribution is 2.21. The normalized spacial score (nSPS) is 10.4. The van der Waals surface area contributed by atoms with Crippen LogP contribution in [0.2, 0.25) is 0 Å². The molecule has 0 unspecified atom stereocenters. The number of ketones is 1. The van der Waals surface area contributed by atoms with Crippen LogP contribution in [0.1, 0.15) is 27.0 Å². The van der Waals surface area contributed by atoms with E-state index in [9.17, 15) is 4.79 Å². The molecule has 0 N–H and O–H groups in total. The van der Waals surface area contributed by atoms with E-state index < -0.39 is 0 Å². The van der Waals surface area contributed by atoms with Crippen molar-refractivity contribution < 1.29 is 4.79 Å². The number of hydrogen-bond acceptors (Lipinski definition) is 1. The molecule has 2 rings (SSSR count). The summed E-state index contributed by atoms with van der Waals surface area (Å²) >= 11 is 3.46. The van der Waals surface area contributed by atoms with Gasteiger partial charge in [0.2, 0.25) is 0 Å². The first-order valence-electron chi connectivity index (χ1n) is 5.92. The van der Waals surface area contributed by atoms with Crippen molar-refractivity contribution >= 4 is 21.7 Å². The van der Waals surface area contributed by atoms with Crippen molar-refractivity contribution in [3.63, 3.8) is 0 Å². The van der Waals surface area contributed by atoms with E-state index in [2.05, 4.69) is 15.9 Å². The van der Waals surface area contributed by atoms with Gasteiger partial charge in [-0.1, -0.05) is 52.3 Å². The minimum Gasteiger partial charge on any atom is -0.294 e. The van der Waals surface area contributed by atoms with Crippen LogP contribution in [0.4, 0.5) is 0 Å². The molecule has 2 aromatic rings. The third-order valence-corrected chi connectivity index (χ3v) is 4.04. The molecule has 92 valence electrons. The highest BCUT2D eigenvalue weighted by Gasteiger charge is 2.12. The Hall–Kier alpha value is -1.41. The second-order valence-electron chi connectivity index (χ2n) is 4.44. The summed E-state index contributed by atoms with van der Waals surface area (Å²) in [5.41, 5.74) is 4.07. The molecule has 0 saturated heterocycles. The van der Waals surface area contributed by atoms with Crippen LogP contribution in [0.15, 0.2) is 46.9 Å². The van der Waals surface area contributed by atoms with E-state index in [1.165, 1.54) is 5.56 Å². The Morgan fingerprint density at radius 3 is 2.50 bits per heavy atom. The summed E-state index contributed by atoms with van der Waals surface area (Å²) in [6, 6.07) is 13.8. The lowest BCUT2D eigenvalue weighted by molar-refractivity contribution is 0.0992. The van der Waals surface area contributed by atoms with Crippen LogP contribution >= 0.6 is 15.9 Å². The maximum absolute atomic E-state index is 12.3. The zero-order chi connectivity index (χ0) is 13.1. The maximum Gasteiger partial charge on any atom is 0.167 e. The standard InChI is InChI=1S/C16H15BrO/c1-11-6-3-4-7-13(11)10-16(18)14-8-5-9-15(17)12(14)2/h3-9H,10H2,1-2H3. The van der Waals surface area contributed by atoms with Gasteiger partial charge in [-0.3, -0.25) is 4.79 Å². The number of carbonyl (C=O) groups excluding carboxylic acids is 1. The van der Waals surface area contributed by atoms with E-state index in [0.29, 0.717) is 6.42 Å². The van der Waals surface area contributed by atoms with E-state index in [0.717, 1.165) is 21.2 Å².